The van der Waals surface area contributed by atoms with Crippen molar-refractivity contribution in [2.75, 3.05) is 32.6 Å². The minimum Gasteiger partial charge on any atom is -0.493 e. The van der Waals surface area contributed by atoms with Gasteiger partial charge in [0, 0.05) is 18.3 Å². The van der Waals surface area contributed by atoms with Crippen molar-refractivity contribution in [1.82, 2.24) is 5.32 Å². The molecule has 0 aromatic heterocycles. The van der Waals surface area contributed by atoms with E-state index in [9.17, 15) is 0 Å². The largest absolute Gasteiger partial charge is 0.493 e. The third-order valence-corrected chi connectivity index (χ3v) is 3.58. The van der Waals surface area contributed by atoms with Gasteiger partial charge < -0.3 is 24.8 Å². The second kappa shape index (κ2) is 10.2. The van der Waals surface area contributed by atoms with Gasteiger partial charge in [0.05, 0.1) is 20.8 Å². The number of aliphatic imine (C=N–C) groups is 1. The van der Waals surface area contributed by atoms with Crippen LogP contribution in [0.3, 0.4) is 0 Å². The number of anilines is 1. The fourth-order valence-electron chi connectivity index (χ4n) is 2.35. The zero-order chi connectivity index (χ0) is 18.8. The predicted octanol–water partition coefficient (Wildman–Crippen LogP) is 3.55. The molecule has 26 heavy (non-hydrogen) atoms. The summed E-state index contributed by atoms with van der Waals surface area (Å²) in [7, 11) is 3.23. The first-order valence-electron chi connectivity index (χ1n) is 8.65. The molecular formula is C20H27N3O3. The minimum absolute atomic E-state index is 0.0433. The van der Waals surface area contributed by atoms with Gasteiger partial charge in [-0.2, -0.15) is 0 Å². The van der Waals surface area contributed by atoms with Gasteiger partial charge in [-0.05, 0) is 38.1 Å². The maximum Gasteiger partial charge on any atom is 0.195 e. The molecule has 0 spiro atoms. The molecule has 0 aliphatic carbocycles. The van der Waals surface area contributed by atoms with Crippen LogP contribution in [-0.4, -0.2) is 39.4 Å². The molecule has 2 rings (SSSR count). The molecule has 2 N–H and O–H groups in total. The van der Waals surface area contributed by atoms with E-state index in [2.05, 4.69) is 15.6 Å². The monoisotopic (exact) mass is 357 g/mol. The first kappa shape index (κ1) is 19.4. The number of methoxy groups -OCH3 is 2. The molecule has 0 aliphatic heterocycles. The van der Waals surface area contributed by atoms with Crippen LogP contribution in [-0.2, 0) is 0 Å². The fraction of sp³-hybridized carbons (Fsp3) is 0.350. The average Bonchev–Trinajstić information content (AvgIpc) is 2.67. The SMILES string of the molecule is CCNC(=NCC(C)Oc1ccccc1)Nc1ccc(OC)c(OC)c1. The number of guanidine groups is 1. The molecule has 0 amide bonds. The molecule has 2 aromatic carbocycles. The second-order valence-electron chi connectivity index (χ2n) is 5.66. The summed E-state index contributed by atoms with van der Waals surface area (Å²) in [6, 6.07) is 15.4. The minimum atomic E-state index is -0.0433. The summed E-state index contributed by atoms with van der Waals surface area (Å²) >= 11 is 0. The van der Waals surface area contributed by atoms with Crippen LogP contribution in [0.25, 0.3) is 0 Å². The molecule has 2 aromatic rings. The summed E-state index contributed by atoms with van der Waals surface area (Å²) in [5.74, 6) is 2.87. The molecule has 6 heteroatoms. The van der Waals surface area contributed by atoms with Gasteiger partial charge in [-0.15, -0.1) is 0 Å². The third-order valence-electron chi connectivity index (χ3n) is 3.58. The van der Waals surface area contributed by atoms with Gasteiger partial charge in [0.25, 0.3) is 0 Å². The Morgan fingerprint density at radius 1 is 1.04 bits per heavy atom. The molecule has 0 saturated carbocycles. The maximum atomic E-state index is 5.86. The highest BCUT2D eigenvalue weighted by atomic mass is 16.5. The van der Waals surface area contributed by atoms with Crippen LogP contribution < -0.4 is 24.8 Å². The van der Waals surface area contributed by atoms with Crippen LogP contribution in [0.15, 0.2) is 53.5 Å². The standard InChI is InChI=1S/C20H27N3O3/c1-5-21-20(22-14-15(2)26-17-9-7-6-8-10-17)23-16-11-12-18(24-3)19(13-16)25-4/h6-13,15H,5,14H2,1-4H3,(H2,21,22,23). The topological polar surface area (TPSA) is 64.1 Å². The Morgan fingerprint density at radius 2 is 1.77 bits per heavy atom. The number of rotatable bonds is 8. The lowest BCUT2D eigenvalue weighted by molar-refractivity contribution is 0.230. The number of nitrogens with zero attached hydrogens (tertiary/aromatic N) is 1. The molecular weight excluding hydrogens is 330 g/mol. The van der Waals surface area contributed by atoms with Gasteiger partial charge in [-0.3, -0.25) is 0 Å². The lowest BCUT2D eigenvalue weighted by Gasteiger charge is -2.16. The maximum absolute atomic E-state index is 5.86. The van der Waals surface area contributed by atoms with Crippen molar-refractivity contribution >= 4 is 11.6 Å². The summed E-state index contributed by atoms with van der Waals surface area (Å²) in [5, 5.41) is 6.50. The number of ether oxygens (including phenoxy) is 3. The molecule has 6 nitrogen and oxygen atoms in total. The Kier molecular flexibility index (Phi) is 7.61. The van der Waals surface area contributed by atoms with E-state index in [1.54, 1.807) is 14.2 Å². The highest BCUT2D eigenvalue weighted by Gasteiger charge is 2.08. The van der Waals surface area contributed by atoms with Crippen molar-refractivity contribution in [3.63, 3.8) is 0 Å². The Balaban J connectivity index is 2.02. The summed E-state index contributed by atoms with van der Waals surface area (Å²) in [5.41, 5.74) is 0.860. The van der Waals surface area contributed by atoms with Gasteiger partial charge in [0.1, 0.15) is 11.9 Å². The average molecular weight is 357 g/mol. The van der Waals surface area contributed by atoms with E-state index in [1.165, 1.54) is 0 Å². The van der Waals surface area contributed by atoms with Crippen molar-refractivity contribution in [2.24, 2.45) is 4.99 Å². The number of para-hydroxylation sites is 1. The number of benzene rings is 2. The molecule has 0 saturated heterocycles. The predicted molar refractivity (Wildman–Crippen MR) is 106 cm³/mol. The molecule has 0 heterocycles. The Hall–Kier alpha value is -2.89. The zero-order valence-electron chi connectivity index (χ0n) is 15.8. The first-order chi connectivity index (χ1) is 12.7. The quantitative estimate of drug-likeness (QED) is 0.559. The van der Waals surface area contributed by atoms with E-state index in [0.717, 1.165) is 18.0 Å². The van der Waals surface area contributed by atoms with Crippen LogP contribution in [0.1, 0.15) is 13.8 Å². The molecule has 1 atom stereocenters. The van der Waals surface area contributed by atoms with Crippen molar-refractivity contribution in [3.05, 3.63) is 48.5 Å². The van der Waals surface area contributed by atoms with Gasteiger partial charge in [-0.1, -0.05) is 18.2 Å². The van der Waals surface area contributed by atoms with Crippen molar-refractivity contribution in [1.29, 1.82) is 0 Å². The van der Waals surface area contributed by atoms with Crippen LogP contribution in [0.2, 0.25) is 0 Å². The Morgan fingerprint density at radius 3 is 2.42 bits per heavy atom. The fourth-order valence-corrected chi connectivity index (χ4v) is 2.35. The first-order valence-corrected chi connectivity index (χ1v) is 8.65. The van der Waals surface area contributed by atoms with Crippen LogP contribution in [0.5, 0.6) is 17.2 Å². The lowest BCUT2D eigenvalue weighted by atomic mass is 10.2. The van der Waals surface area contributed by atoms with Crippen LogP contribution in [0.4, 0.5) is 5.69 Å². The second-order valence-corrected chi connectivity index (χ2v) is 5.66. The van der Waals surface area contributed by atoms with Gasteiger partial charge in [-0.25, -0.2) is 4.99 Å². The molecule has 1 unspecified atom stereocenters. The Labute approximate surface area is 155 Å². The van der Waals surface area contributed by atoms with Crippen molar-refractivity contribution < 1.29 is 14.2 Å². The number of hydrogen-bond donors (Lipinski definition) is 2. The molecule has 0 radical (unpaired) electrons. The molecule has 0 bridgehead atoms. The summed E-state index contributed by atoms with van der Waals surface area (Å²) in [6.07, 6.45) is -0.0433. The van der Waals surface area contributed by atoms with E-state index < -0.39 is 0 Å². The summed E-state index contributed by atoms with van der Waals surface area (Å²) < 4.78 is 16.5. The van der Waals surface area contributed by atoms with Gasteiger partial charge in [0.2, 0.25) is 0 Å². The highest BCUT2D eigenvalue weighted by Crippen LogP contribution is 2.29. The molecule has 0 fully saturated rings. The summed E-state index contributed by atoms with van der Waals surface area (Å²) in [4.78, 5) is 4.60. The van der Waals surface area contributed by atoms with E-state index in [1.807, 2.05) is 62.4 Å². The highest BCUT2D eigenvalue weighted by molar-refractivity contribution is 5.93. The number of nitrogens with one attached hydrogen (secondary N) is 2. The van der Waals surface area contributed by atoms with E-state index >= 15 is 0 Å². The zero-order valence-corrected chi connectivity index (χ0v) is 15.8. The Bertz CT molecular complexity index is 705. The third kappa shape index (κ3) is 5.88. The lowest BCUT2D eigenvalue weighted by Crippen LogP contribution is -2.32. The van der Waals surface area contributed by atoms with Crippen molar-refractivity contribution in [2.45, 2.75) is 20.0 Å². The van der Waals surface area contributed by atoms with Crippen molar-refractivity contribution in [3.8, 4) is 17.2 Å². The van der Waals surface area contributed by atoms with E-state index in [4.69, 9.17) is 14.2 Å². The van der Waals surface area contributed by atoms with Gasteiger partial charge in [0.15, 0.2) is 17.5 Å². The number of hydrogen-bond acceptors (Lipinski definition) is 4. The van der Waals surface area contributed by atoms with E-state index in [-0.39, 0.29) is 6.10 Å². The molecule has 0 aliphatic rings. The molecule has 140 valence electrons. The van der Waals surface area contributed by atoms with E-state index in [0.29, 0.717) is 24.0 Å². The normalized spacial score (nSPS) is 12.2. The summed E-state index contributed by atoms with van der Waals surface area (Å²) in [6.45, 7) is 5.30. The smallest absolute Gasteiger partial charge is 0.195 e. The van der Waals surface area contributed by atoms with Crippen LogP contribution in [0, 0.1) is 0 Å². The van der Waals surface area contributed by atoms with Crippen LogP contribution >= 0.6 is 0 Å². The van der Waals surface area contributed by atoms with Gasteiger partial charge >= 0.3 is 0 Å².